The van der Waals surface area contributed by atoms with Crippen molar-refractivity contribution in [1.82, 2.24) is 15.1 Å². The molecule has 5 nitrogen and oxygen atoms in total. The van der Waals surface area contributed by atoms with Crippen LogP contribution in [0, 0.1) is 0 Å². The van der Waals surface area contributed by atoms with Crippen LogP contribution >= 0.6 is 11.6 Å². The van der Waals surface area contributed by atoms with Crippen molar-refractivity contribution >= 4 is 17.5 Å². The lowest BCUT2D eigenvalue weighted by Crippen LogP contribution is -2.23. The maximum atomic E-state index is 12.2. The van der Waals surface area contributed by atoms with E-state index in [2.05, 4.69) is 10.4 Å². The molecule has 0 fully saturated rings. The molecule has 0 unspecified atom stereocenters. The average Bonchev–Trinajstić information content (AvgIpc) is 2.96. The quantitative estimate of drug-likeness (QED) is 0.773. The van der Waals surface area contributed by atoms with Gasteiger partial charge in [-0.3, -0.25) is 14.7 Å². The summed E-state index contributed by atoms with van der Waals surface area (Å²) in [6, 6.07) is 17.6. The van der Waals surface area contributed by atoms with Crippen LogP contribution in [0.1, 0.15) is 16.1 Å². The minimum atomic E-state index is -0.335. The van der Waals surface area contributed by atoms with Gasteiger partial charge in [0.2, 0.25) is 0 Å². The molecule has 0 saturated carbocycles. The van der Waals surface area contributed by atoms with Gasteiger partial charge in [-0.25, -0.2) is 4.68 Å². The summed E-state index contributed by atoms with van der Waals surface area (Å²) in [5.74, 6) is -0.335. The number of benzene rings is 2. The molecule has 0 spiro atoms. The fourth-order valence-electron chi connectivity index (χ4n) is 2.17. The summed E-state index contributed by atoms with van der Waals surface area (Å²) < 4.78 is 1.30. The van der Waals surface area contributed by atoms with Crippen LogP contribution < -0.4 is 10.9 Å². The van der Waals surface area contributed by atoms with E-state index in [0.29, 0.717) is 17.3 Å². The Morgan fingerprint density at radius 2 is 1.78 bits per heavy atom. The summed E-state index contributed by atoms with van der Waals surface area (Å²) in [5, 5.41) is 6.15. The van der Waals surface area contributed by atoms with Crippen LogP contribution in [0.3, 0.4) is 0 Å². The standard InChI is InChI=1S/C17H14ClN3O2/c18-13-6-8-14(9-7-13)21-16(22)10-15(20-21)17(23)19-11-12-4-2-1-3-5-12/h1-10,20H,11H2,(H,19,23). The molecule has 1 aromatic heterocycles. The van der Waals surface area contributed by atoms with Crippen LogP contribution in [0.2, 0.25) is 5.02 Å². The molecule has 0 aliphatic heterocycles. The van der Waals surface area contributed by atoms with Gasteiger partial charge in [-0.05, 0) is 29.8 Å². The zero-order chi connectivity index (χ0) is 16.2. The van der Waals surface area contributed by atoms with Crippen molar-refractivity contribution in [2.45, 2.75) is 6.54 Å². The highest BCUT2D eigenvalue weighted by Crippen LogP contribution is 2.11. The number of rotatable bonds is 4. The maximum Gasteiger partial charge on any atom is 0.271 e. The first-order valence-electron chi connectivity index (χ1n) is 7.03. The maximum absolute atomic E-state index is 12.2. The number of nitrogens with one attached hydrogen (secondary N) is 2. The first-order chi connectivity index (χ1) is 11.1. The smallest absolute Gasteiger partial charge is 0.271 e. The molecule has 0 aliphatic carbocycles. The lowest BCUT2D eigenvalue weighted by molar-refractivity contribution is 0.0945. The predicted octanol–water partition coefficient (Wildman–Crippen LogP) is 2.75. The van der Waals surface area contributed by atoms with E-state index < -0.39 is 0 Å². The Bertz CT molecular complexity index is 867. The number of carbonyl (C=O) groups is 1. The lowest BCUT2D eigenvalue weighted by Gasteiger charge is -2.04. The summed E-state index contributed by atoms with van der Waals surface area (Å²) in [6.07, 6.45) is 0. The van der Waals surface area contributed by atoms with Crippen LogP contribution in [0.5, 0.6) is 0 Å². The van der Waals surface area contributed by atoms with Crippen molar-refractivity contribution in [2.75, 3.05) is 0 Å². The Kier molecular flexibility index (Phi) is 4.30. The van der Waals surface area contributed by atoms with Gasteiger partial charge in [0.15, 0.2) is 0 Å². The zero-order valence-electron chi connectivity index (χ0n) is 12.1. The number of aromatic nitrogens is 2. The number of halogens is 1. The summed E-state index contributed by atoms with van der Waals surface area (Å²) in [7, 11) is 0. The summed E-state index contributed by atoms with van der Waals surface area (Å²) in [5.41, 5.74) is 1.50. The molecule has 3 aromatic rings. The lowest BCUT2D eigenvalue weighted by atomic mass is 10.2. The molecular weight excluding hydrogens is 314 g/mol. The SMILES string of the molecule is O=C(NCc1ccccc1)c1cc(=O)n(-c2ccc(Cl)cc2)[nH]1. The molecule has 23 heavy (non-hydrogen) atoms. The molecule has 2 N–H and O–H groups in total. The highest BCUT2D eigenvalue weighted by Gasteiger charge is 2.11. The van der Waals surface area contributed by atoms with Gasteiger partial charge in [0.1, 0.15) is 5.69 Å². The van der Waals surface area contributed by atoms with E-state index in [-0.39, 0.29) is 17.2 Å². The third kappa shape index (κ3) is 3.52. The number of hydrogen-bond acceptors (Lipinski definition) is 2. The molecule has 0 radical (unpaired) electrons. The second kappa shape index (κ2) is 6.54. The Hall–Kier alpha value is -2.79. The second-order valence-electron chi connectivity index (χ2n) is 4.99. The van der Waals surface area contributed by atoms with E-state index in [4.69, 9.17) is 11.6 Å². The van der Waals surface area contributed by atoms with Gasteiger partial charge in [0.05, 0.1) is 5.69 Å². The first kappa shape index (κ1) is 15.1. The Morgan fingerprint density at radius 3 is 2.48 bits per heavy atom. The summed E-state index contributed by atoms with van der Waals surface area (Å²) in [4.78, 5) is 24.2. The van der Waals surface area contributed by atoms with Crippen molar-refractivity contribution in [2.24, 2.45) is 0 Å². The Balaban J connectivity index is 1.76. The van der Waals surface area contributed by atoms with Crippen LogP contribution in [0.25, 0.3) is 5.69 Å². The van der Waals surface area contributed by atoms with Crippen molar-refractivity contribution in [3.8, 4) is 5.69 Å². The molecule has 0 aliphatic rings. The number of hydrogen-bond donors (Lipinski definition) is 2. The molecule has 2 aromatic carbocycles. The first-order valence-corrected chi connectivity index (χ1v) is 7.41. The number of aromatic amines is 1. The van der Waals surface area contributed by atoms with Gasteiger partial charge < -0.3 is 5.32 Å². The predicted molar refractivity (Wildman–Crippen MR) is 89.0 cm³/mol. The normalized spacial score (nSPS) is 10.5. The van der Waals surface area contributed by atoms with E-state index in [1.807, 2.05) is 30.3 Å². The number of H-pyrrole nitrogens is 1. The van der Waals surface area contributed by atoms with Crippen LogP contribution in [0.4, 0.5) is 0 Å². The highest BCUT2D eigenvalue weighted by atomic mass is 35.5. The van der Waals surface area contributed by atoms with Crippen molar-refractivity contribution in [3.05, 3.63) is 87.3 Å². The topological polar surface area (TPSA) is 66.9 Å². The molecule has 0 atom stereocenters. The Labute approximate surface area is 137 Å². The van der Waals surface area contributed by atoms with Crippen LogP contribution in [0.15, 0.2) is 65.5 Å². The van der Waals surface area contributed by atoms with Gasteiger partial charge in [-0.1, -0.05) is 41.9 Å². The van der Waals surface area contributed by atoms with E-state index in [1.54, 1.807) is 24.3 Å². The van der Waals surface area contributed by atoms with E-state index in [9.17, 15) is 9.59 Å². The van der Waals surface area contributed by atoms with Gasteiger partial charge >= 0.3 is 0 Å². The number of nitrogens with zero attached hydrogens (tertiary/aromatic N) is 1. The van der Waals surface area contributed by atoms with E-state index in [1.165, 1.54) is 10.7 Å². The molecular formula is C17H14ClN3O2. The molecule has 0 bridgehead atoms. The van der Waals surface area contributed by atoms with Gasteiger partial charge in [-0.2, -0.15) is 0 Å². The summed E-state index contributed by atoms with van der Waals surface area (Å²) >= 11 is 5.83. The molecule has 3 rings (SSSR count). The monoisotopic (exact) mass is 327 g/mol. The zero-order valence-corrected chi connectivity index (χ0v) is 12.9. The minimum Gasteiger partial charge on any atom is -0.347 e. The fraction of sp³-hybridized carbons (Fsp3) is 0.0588. The van der Waals surface area contributed by atoms with Crippen molar-refractivity contribution in [1.29, 1.82) is 0 Å². The van der Waals surface area contributed by atoms with Gasteiger partial charge in [0.25, 0.3) is 11.5 Å². The molecule has 6 heteroatoms. The van der Waals surface area contributed by atoms with Gasteiger partial charge in [-0.15, -0.1) is 0 Å². The van der Waals surface area contributed by atoms with Crippen molar-refractivity contribution in [3.63, 3.8) is 0 Å². The number of amides is 1. The highest BCUT2D eigenvalue weighted by molar-refractivity contribution is 6.30. The minimum absolute atomic E-state index is 0.209. The largest absolute Gasteiger partial charge is 0.347 e. The fourth-order valence-corrected chi connectivity index (χ4v) is 2.29. The third-order valence-corrected chi connectivity index (χ3v) is 3.60. The third-order valence-electron chi connectivity index (χ3n) is 3.35. The van der Waals surface area contributed by atoms with Gasteiger partial charge in [0, 0.05) is 17.6 Å². The number of carbonyl (C=O) groups excluding carboxylic acids is 1. The summed E-state index contributed by atoms with van der Waals surface area (Å²) in [6.45, 7) is 0.397. The van der Waals surface area contributed by atoms with E-state index in [0.717, 1.165) is 5.56 Å². The molecule has 1 amide bonds. The van der Waals surface area contributed by atoms with E-state index >= 15 is 0 Å². The average molecular weight is 328 g/mol. The second-order valence-corrected chi connectivity index (χ2v) is 5.42. The Morgan fingerprint density at radius 1 is 1.09 bits per heavy atom. The van der Waals surface area contributed by atoms with Crippen molar-refractivity contribution < 1.29 is 4.79 Å². The molecule has 0 saturated heterocycles. The molecule has 116 valence electrons. The van der Waals surface area contributed by atoms with Crippen LogP contribution in [-0.4, -0.2) is 15.7 Å². The van der Waals surface area contributed by atoms with Crippen LogP contribution in [-0.2, 0) is 6.54 Å². The molecule has 1 heterocycles.